The highest BCUT2D eigenvalue weighted by molar-refractivity contribution is 5.93. The molecule has 0 aliphatic carbocycles. The zero-order valence-electron chi connectivity index (χ0n) is 10.7. The van der Waals surface area contributed by atoms with Gasteiger partial charge in [0.1, 0.15) is 0 Å². The van der Waals surface area contributed by atoms with E-state index in [9.17, 15) is 9.59 Å². The number of carbonyl (C=O) groups excluding carboxylic acids is 2. The van der Waals surface area contributed by atoms with Crippen molar-refractivity contribution in [2.45, 2.75) is 19.9 Å². The lowest BCUT2D eigenvalue weighted by atomic mass is 10.0. The van der Waals surface area contributed by atoms with Crippen LogP contribution in [-0.4, -0.2) is 25.4 Å². The number of nitrogens with two attached hydrogens (primary N) is 1. The van der Waals surface area contributed by atoms with Crippen molar-refractivity contribution < 1.29 is 9.59 Å². The van der Waals surface area contributed by atoms with Gasteiger partial charge in [-0.25, -0.2) is 0 Å². The Labute approximate surface area is 107 Å². The summed E-state index contributed by atoms with van der Waals surface area (Å²) in [4.78, 5) is 22.0. The minimum absolute atomic E-state index is 0.0169. The molecule has 0 fully saturated rings. The highest BCUT2D eigenvalue weighted by atomic mass is 16.1. The second-order valence-corrected chi connectivity index (χ2v) is 4.11. The first kappa shape index (κ1) is 14.2. The third-order valence-corrected chi connectivity index (χ3v) is 2.75. The van der Waals surface area contributed by atoms with Crippen molar-refractivity contribution in [3.8, 4) is 0 Å². The van der Waals surface area contributed by atoms with Crippen LogP contribution in [0, 0.1) is 6.92 Å². The smallest absolute Gasteiger partial charge is 0.248 e. The topological polar surface area (TPSA) is 84.2 Å². The summed E-state index contributed by atoms with van der Waals surface area (Å²) in [6, 6.07) is 5.37. The van der Waals surface area contributed by atoms with Gasteiger partial charge in [-0.1, -0.05) is 6.07 Å². The monoisotopic (exact) mass is 249 g/mol. The van der Waals surface area contributed by atoms with Gasteiger partial charge in [0.05, 0.1) is 0 Å². The predicted molar refractivity (Wildman–Crippen MR) is 70.1 cm³/mol. The molecule has 0 spiro atoms. The van der Waals surface area contributed by atoms with Gasteiger partial charge in [-0.15, -0.1) is 0 Å². The molecule has 4 N–H and O–H groups in total. The Hall–Kier alpha value is -1.88. The molecule has 98 valence electrons. The molecule has 0 unspecified atom stereocenters. The molecule has 0 aliphatic heterocycles. The van der Waals surface area contributed by atoms with E-state index in [4.69, 9.17) is 5.73 Å². The van der Waals surface area contributed by atoms with Crippen molar-refractivity contribution in [3.05, 3.63) is 34.9 Å². The third-order valence-electron chi connectivity index (χ3n) is 2.75. The fraction of sp³-hybridized carbons (Fsp3) is 0.385. The quantitative estimate of drug-likeness (QED) is 0.635. The van der Waals surface area contributed by atoms with Crippen LogP contribution in [0.4, 0.5) is 0 Å². The van der Waals surface area contributed by atoms with Crippen molar-refractivity contribution in [2.24, 2.45) is 5.73 Å². The molecule has 5 nitrogen and oxygen atoms in total. The Kier molecular flexibility index (Phi) is 5.32. The SMILES string of the molecule is CNC(=O)CCNCc1ccc(C(N)=O)cc1C. The fourth-order valence-corrected chi connectivity index (χ4v) is 1.60. The molecule has 0 radical (unpaired) electrons. The van der Waals surface area contributed by atoms with Gasteiger partial charge in [-0.2, -0.15) is 0 Å². The number of hydrogen-bond acceptors (Lipinski definition) is 3. The number of nitrogens with one attached hydrogen (secondary N) is 2. The highest BCUT2D eigenvalue weighted by Gasteiger charge is 2.04. The minimum atomic E-state index is -0.419. The molecule has 0 saturated heterocycles. The average Bonchev–Trinajstić information content (AvgIpc) is 2.35. The van der Waals surface area contributed by atoms with E-state index in [1.54, 1.807) is 19.2 Å². The van der Waals surface area contributed by atoms with E-state index in [1.807, 2.05) is 13.0 Å². The summed E-state index contributed by atoms with van der Waals surface area (Å²) in [7, 11) is 1.62. The second-order valence-electron chi connectivity index (χ2n) is 4.11. The lowest BCUT2D eigenvalue weighted by Gasteiger charge is -2.08. The number of aryl methyl sites for hydroxylation is 1. The van der Waals surface area contributed by atoms with Crippen LogP contribution in [0.2, 0.25) is 0 Å². The van der Waals surface area contributed by atoms with Crippen LogP contribution in [0.3, 0.4) is 0 Å². The molecule has 1 aromatic carbocycles. The first-order valence-corrected chi connectivity index (χ1v) is 5.85. The number of amides is 2. The first-order chi connectivity index (χ1) is 8.54. The van der Waals surface area contributed by atoms with Gasteiger partial charge >= 0.3 is 0 Å². The lowest BCUT2D eigenvalue weighted by Crippen LogP contribution is -2.24. The molecule has 5 heteroatoms. The Bertz CT molecular complexity index is 444. The summed E-state index contributed by atoms with van der Waals surface area (Å²) < 4.78 is 0. The number of hydrogen-bond donors (Lipinski definition) is 3. The number of benzene rings is 1. The number of carbonyl (C=O) groups is 2. The first-order valence-electron chi connectivity index (χ1n) is 5.85. The van der Waals surface area contributed by atoms with Gasteiger partial charge in [0.2, 0.25) is 11.8 Å². The normalized spacial score (nSPS) is 10.1. The van der Waals surface area contributed by atoms with Crippen molar-refractivity contribution in [1.82, 2.24) is 10.6 Å². The summed E-state index contributed by atoms with van der Waals surface area (Å²) in [6.45, 7) is 3.22. The number of primary amides is 1. The molecule has 0 aromatic heterocycles. The zero-order valence-corrected chi connectivity index (χ0v) is 10.7. The van der Waals surface area contributed by atoms with Crippen LogP contribution in [-0.2, 0) is 11.3 Å². The van der Waals surface area contributed by atoms with E-state index in [2.05, 4.69) is 10.6 Å². The van der Waals surface area contributed by atoms with Gasteiger partial charge in [0.15, 0.2) is 0 Å². The molecule has 0 saturated carbocycles. The lowest BCUT2D eigenvalue weighted by molar-refractivity contribution is -0.120. The van der Waals surface area contributed by atoms with E-state index >= 15 is 0 Å². The van der Waals surface area contributed by atoms with E-state index in [1.165, 1.54) is 0 Å². The molecule has 1 rings (SSSR count). The fourth-order valence-electron chi connectivity index (χ4n) is 1.60. The molecular weight excluding hydrogens is 230 g/mol. The molecule has 0 bridgehead atoms. The van der Waals surface area contributed by atoms with Crippen molar-refractivity contribution in [2.75, 3.05) is 13.6 Å². The van der Waals surface area contributed by atoms with Crippen LogP contribution >= 0.6 is 0 Å². The number of rotatable bonds is 6. The highest BCUT2D eigenvalue weighted by Crippen LogP contribution is 2.10. The molecule has 2 amide bonds. The van der Waals surface area contributed by atoms with E-state index in [0.29, 0.717) is 25.1 Å². The van der Waals surface area contributed by atoms with Gasteiger partial charge in [0, 0.05) is 32.1 Å². The maximum Gasteiger partial charge on any atom is 0.248 e. The zero-order chi connectivity index (χ0) is 13.5. The van der Waals surface area contributed by atoms with E-state index in [-0.39, 0.29) is 5.91 Å². The average molecular weight is 249 g/mol. The standard InChI is InChI=1S/C13H19N3O2/c1-9-7-10(13(14)18)3-4-11(9)8-16-6-5-12(17)15-2/h3-4,7,16H,5-6,8H2,1-2H3,(H2,14,18)(H,15,17). The van der Waals surface area contributed by atoms with Crippen molar-refractivity contribution >= 4 is 11.8 Å². The van der Waals surface area contributed by atoms with Gasteiger partial charge in [0.25, 0.3) is 0 Å². The molecule has 1 aromatic rings. The predicted octanol–water partition coefficient (Wildman–Crippen LogP) is 0.320. The summed E-state index contributed by atoms with van der Waals surface area (Å²) in [5.74, 6) is -0.402. The summed E-state index contributed by atoms with van der Waals surface area (Å²) >= 11 is 0. The van der Waals surface area contributed by atoms with Crippen LogP contribution in [0.5, 0.6) is 0 Å². The molecule has 0 atom stereocenters. The van der Waals surface area contributed by atoms with E-state index in [0.717, 1.165) is 11.1 Å². The Balaban J connectivity index is 2.48. The van der Waals surface area contributed by atoms with E-state index < -0.39 is 5.91 Å². The largest absolute Gasteiger partial charge is 0.366 e. The molecule has 18 heavy (non-hydrogen) atoms. The maximum absolute atomic E-state index is 11.0. The summed E-state index contributed by atoms with van der Waals surface area (Å²) in [6.07, 6.45) is 0.453. The van der Waals surface area contributed by atoms with Crippen molar-refractivity contribution in [3.63, 3.8) is 0 Å². The molecule has 0 aliphatic rings. The van der Waals surface area contributed by atoms with Gasteiger partial charge < -0.3 is 16.4 Å². The summed E-state index contributed by atoms with van der Waals surface area (Å²) in [5, 5.41) is 5.74. The Morgan fingerprint density at radius 2 is 2.06 bits per heavy atom. The third kappa shape index (κ3) is 4.18. The van der Waals surface area contributed by atoms with Gasteiger partial charge in [-0.3, -0.25) is 9.59 Å². The Morgan fingerprint density at radius 3 is 2.61 bits per heavy atom. The van der Waals surface area contributed by atoms with Crippen LogP contribution in [0.25, 0.3) is 0 Å². The molecule has 0 heterocycles. The van der Waals surface area contributed by atoms with Crippen molar-refractivity contribution in [1.29, 1.82) is 0 Å². The maximum atomic E-state index is 11.0. The van der Waals surface area contributed by atoms with Crippen LogP contribution in [0.15, 0.2) is 18.2 Å². The second kappa shape index (κ2) is 6.76. The Morgan fingerprint density at radius 1 is 1.33 bits per heavy atom. The molecular formula is C13H19N3O2. The van der Waals surface area contributed by atoms with Gasteiger partial charge in [-0.05, 0) is 30.2 Å². The van der Waals surface area contributed by atoms with Crippen LogP contribution in [0.1, 0.15) is 27.9 Å². The summed E-state index contributed by atoms with van der Waals surface area (Å²) in [5.41, 5.74) is 7.83. The van der Waals surface area contributed by atoms with Crippen LogP contribution < -0.4 is 16.4 Å². The minimum Gasteiger partial charge on any atom is -0.366 e.